The van der Waals surface area contributed by atoms with Gasteiger partial charge in [0.05, 0.1) is 17.2 Å². The first-order valence-corrected chi connectivity index (χ1v) is 10.4. The Balaban J connectivity index is 3.07. The lowest BCUT2D eigenvalue weighted by molar-refractivity contribution is 0.0371. The van der Waals surface area contributed by atoms with Gasteiger partial charge in [-0.2, -0.15) is 0 Å². The molecule has 122 valence electrons. The third-order valence-corrected chi connectivity index (χ3v) is 8.17. The molecule has 1 aromatic rings. The molecule has 0 aliphatic carbocycles. The smallest absolute Gasteiger partial charge is 0.339 e. The second-order valence-electron chi connectivity index (χ2n) is 7.15. The quantitative estimate of drug-likeness (QED) is 0.608. The Morgan fingerprint density at radius 3 is 1.86 bits per heavy atom. The summed E-state index contributed by atoms with van der Waals surface area (Å²) in [6.45, 7) is 13.7. The van der Waals surface area contributed by atoms with E-state index in [1.54, 1.807) is 38.1 Å². The van der Waals surface area contributed by atoms with Gasteiger partial charge in [-0.25, -0.2) is 9.59 Å². The number of esters is 1. The monoisotopic (exact) mass is 322 g/mol. The largest absolute Gasteiger partial charge is 0.516 e. The highest BCUT2D eigenvalue weighted by Gasteiger charge is 2.41. The number of hydrogen-bond acceptors (Lipinski definition) is 4. The summed E-state index contributed by atoms with van der Waals surface area (Å²) in [6.07, 6.45) is -0.239. The zero-order valence-corrected chi connectivity index (χ0v) is 15.5. The summed E-state index contributed by atoms with van der Waals surface area (Å²) in [5, 5.41) is -0.0873. The summed E-state index contributed by atoms with van der Waals surface area (Å²) < 4.78 is 11.0. The van der Waals surface area contributed by atoms with Crippen LogP contribution in [0.25, 0.3) is 0 Å². The standard InChI is InChI=1S/C17H26O4Si/c1-12(2)20-15(18)13-10-8-9-11-14(13)16(19)21-22(6,7)17(3,4)5/h8-12H,1-7H3. The van der Waals surface area contributed by atoms with E-state index in [9.17, 15) is 9.59 Å². The third kappa shape index (κ3) is 4.43. The minimum Gasteiger partial charge on any atom is -0.516 e. The van der Waals surface area contributed by atoms with Gasteiger partial charge in [0.25, 0.3) is 8.32 Å². The first-order chi connectivity index (χ1) is 9.95. The van der Waals surface area contributed by atoms with Crippen molar-refractivity contribution in [1.82, 2.24) is 0 Å². The van der Waals surface area contributed by atoms with Crippen LogP contribution in [-0.2, 0) is 9.16 Å². The van der Waals surface area contributed by atoms with Crippen LogP contribution >= 0.6 is 0 Å². The molecule has 0 bridgehead atoms. The molecule has 0 saturated heterocycles. The predicted molar refractivity (Wildman–Crippen MR) is 89.6 cm³/mol. The average molecular weight is 322 g/mol. The first-order valence-electron chi connectivity index (χ1n) is 7.49. The molecular weight excluding hydrogens is 296 g/mol. The van der Waals surface area contributed by atoms with Crippen molar-refractivity contribution in [3.05, 3.63) is 35.4 Å². The SMILES string of the molecule is CC(C)OC(=O)c1ccccc1C(=O)O[Si](C)(C)C(C)(C)C. The number of carbonyl (C=O) groups excluding carboxylic acids is 2. The van der Waals surface area contributed by atoms with E-state index >= 15 is 0 Å². The first kappa shape index (κ1) is 18.4. The molecule has 0 aliphatic heterocycles. The van der Waals surface area contributed by atoms with Gasteiger partial charge < -0.3 is 9.16 Å². The van der Waals surface area contributed by atoms with Gasteiger partial charge in [0.2, 0.25) is 0 Å². The Bertz CT molecular complexity index is 556. The Hall–Kier alpha value is -1.62. The van der Waals surface area contributed by atoms with E-state index in [4.69, 9.17) is 9.16 Å². The van der Waals surface area contributed by atoms with E-state index in [0.29, 0.717) is 0 Å². The predicted octanol–water partition coefficient (Wildman–Crippen LogP) is 4.41. The van der Waals surface area contributed by atoms with Crippen molar-refractivity contribution in [3.8, 4) is 0 Å². The highest BCUT2D eigenvalue weighted by Crippen LogP contribution is 2.37. The highest BCUT2D eigenvalue weighted by atomic mass is 28.4. The van der Waals surface area contributed by atoms with Gasteiger partial charge in [0, 0.05) is 0 Å². The topological polar surface area (TPSA) is 52.6 Å². The number of benzene rings is 1. The van der Waals surface area contributed by atoms with Crippen molar-refractivity contribution in [1.29, 1.82) is 0 Å². The van der Waals surface area contributed by atoms with Crippen molar-refractivity contribution >= 4 is 20.3 Å². The summed E-state index contributed by atoms with van der Waals surface area (Å²) in [4.78, 5) is 24.6. The van der Waals surface area contributed by atoms with E-state index < -0.39 is 20.3 Å². The molecule has 0 heterocycles. The van der Waals surface area contributed by atoms with Crippen LogP contribution < -0.4 is 0 Å². The molecule has 5 heteroatoms. The Morgan fingerprint density at radius 1 is 1.00 bits per heavy atom. The van der Waals surface area contributed by atoms with Gasteiger partial charge in [0.1, 0.15) is 0 Å². The van der Waals surface area contributed by atoms with Gasteiger partial charge in [0.15, 0.2) is 0 Å². The fraction of sp³-hybridized carbons (Fsp3) is 0.529. The summed E-state index contributed by atoms with van der Waals surface area (Å²) >= 11 is 0. The summed E-state index contributed by atoms with van der Waals surface area (Å²) in [5.41, 5.74) is 0.512. The molecule has 0 aliphatic rings. The van der Waals surface area contributed by atoms with Crippen LogP contribution in [-0.4, -0.2) is 26.4 Å². The van der Waals surface area contributed by atoms with Crippen LogP contribution in [0.1, 0.15) is 55.3 Å². The molecule has 0 N–H and O–H groups in total. The van der Waals surface area contributed by atoms with Crippen LogP contribution in [0.15, 0.2) is 24.3 Å². The fourth-order valence-electron chi connectivity index (χ4n) is 1.56. The highest BCUT2D eigenvalue weighted by molar-refractivity contribution is 6.75. The molecule has 0 radical (unpaired) electrons. The van der Waals surface area contributed by atoms with Gasteiger partial charge in [-0.15, -0.1) is 0 Å². The minimum absolute atomic E-state index is 0.0873. The molecule has 0 aromatic heterocycles. The molecule has 0 atom stereocenters. The van der Waals surface area contributed by atoms with Crippen LogP contribution in [0, 0.1) is 0 Å². The van der Waals surface area contributed by atoms with E-state index in [2.05, 4.69) is 20.8 Å². The van der Waals surface area contributed by atoms with Crippen LogP contribution in [0.5, 0.6) is 0 Å². The number of rotatable bonds is 4. The molecule has 0 amide bonds. The molecule has 0 unspecified atom stereocenters. The van der Waals surface area contributed by atoms with Crippen molar-refractivity contribution in [3.63, 3.8) is 0 Å². The lowest BCUT2D eigenvalue weighted by atomic mass is 10.1. The van der Waals surface area contributed by atoms with E-state index in [-0.39, 0.29) is 22.3 Å². The Kier molecular flexibility index (Phi) is 5.57. The van der Waals surface area contributed by atoms with Gasteiger partial charge in [-0.3, -0.25) is 0 Å². The maximum atomic E-state index is 12.5. The summed E-state index contributed by atoms with van der Waals surface area (Å²) in [7, 11) is -2.24. The number of carbonyl (C=O) groups is 2. The Morgan fingerprint density at radius 2 is 1.45 bits per heavy atom. The Labute approximate surface area is 134 Å². The second-order valence-corrected chi connectivity index (χ2v) is 11.9. The molecule has 22 heavy (non-hydrogen) atoms. The second kappa shape index (κ2) is 6.65. The minimum atomic E-state index is -2.24. The molecule has 4 nitrogen and oxygen atoms in total. The molecule has 0 fully saturated rings. The summed E-state index contributed by atoms with van der Waals surface area (Å²) in [6, 6.07) is 6.62. The van der Waals surface area contributed by atoms with Crippen molar-refractivity contribution in [2.24, 2.45) is 0 Å². The maximum Gasteiger partial charge on any atom is 0.339 e. The van der Waals surface area contributed by atoms with Crippen molar-refractivity contribution in [2.45, 2.75) is 58.9 Å². The normalized spacial score (nSPS) is 12.2. The van der Waals surface area contributed by atoms with Crippen molar-refractivity contribution < 1.29 is 18.8 Å². The lowest BCUT2D eigenvalue weighted by Gasteiger charge is -2.35. The number of hydrogen-bond donors (Lipinski definition) is 0. The zero-order chi connectivity index (χ0) is 17.1. The van der Waals surface area contributed by atoms with Gasteiger partial charge >= 0.3 is 11.9 Å². The molecule has 0 spiro atoms. The van der Waals surface area contributed by atoms with Crippen LogP contribution in [0.4, 0.5) is 0 Å². The average Bonchev–Trinajstić information content (AvgIpc) is 2.36. The van der Waals surface area contributed by atoms with E-state index in [1.807, 2.05) is 13.1 Å². The summed E-state index contributed by atoms with van der Waals surface area (Å²) in [5.74, 6) is -0.958. The van der Waals surface area contributed by atoms with Crippen molar-refractivity contribution in [2.75, 3.05) is 0 Å². The molecule has 1 rings (SSSR count). The maximum absolute atomic E-state index is 12.5. The molecule has 1 aromatic carbocycles. The van der Waals surface area contributed by atoms with Crippen LogP contribution in [0.2, 0.25) is 18.1 Å². The molecule has 0 saturated carbocycles. The van der Waals surface area contributed by atoms with Gasteiger partial charge in [-0.1, -0.05) is 32.9 Å². The molecular formula is C17H26O4Si. The van der Waals surface area contributed by atoms with Crippen LogP contribution in [0.3, 0.4) is 0 Å². The van der Waals surface area contributed by atoms with E-state index in [1.165, 1.54) is 0 Å². The third-order valence-electron chi connectivity index (χ3n) is 3.86. The lowest BCUT2D eigenvalue weighted by Crippen LogP contribution is -2.42. The zero-order valence-electron chi connectivity index (χ0n) is 14.5. The fourth-order valence-corrected chi connectivity index (χ4v) is 2.44. The van der Waals surface area contributed by atoms with Gasteiger partial charge in [-0.05, 0) is 44.1 Å². The van der Waals surface area contributed by atoms with E-state index in [0.717, 1.165) is 0 Å². The number of ether oxygens (including phenoxy) is 1.